The zero-order valence-electron chi connectivity index (χ0n) is 32.0. The molecule has 4 rings (SSSR count). The Morgan fingerprint density at radius 2 is 1.69 bits per heavy atom. The second-order valence-corrected chi connectivity index (χ2v) is 16.2. The zero-order chi connectivity index (χ0) is 37.3. The number of nitrogens with zero attached hydrogens (tertiary/aromatic N) is 2. The van der Waals surface area contributed by atoms with Gasteiger partial charge in [0.25, 0.3) is 0 Å². The number of rotatable bonds is 5. The Hall–Kier alpha value is -2.44. The lowest BCUT2D eigenvalue weighted by Gasteiger charge is -2.41. The molecule has 2 bridgehead atoms. The highest BCUT2D eigenvalue weighted by atomic mass is 16.6. The highest BCUT2D eigenvalue weighted by molar-refractivity contribution is 5.70. The number of aliphatic hydroxyl groups excluding tert-OH is 2. The second kappa shape index (κ2) is 18.5. The highest BCUT2D eigenvalue weighted by Crippen LogP contribution is 2.35. The molecular formula is C40H66N2O9. The summed E-state index contributed by atoms with van der Waals surface area (Å²) in [6.45, 7) is 13.3. The number of amides is 1. The van der Waals surface area contributed by atoms with Gasteiger partial charge in [-0.3, -0.25) is 9.69 Å². The molecule has 0 aromatic heterocycles. The van der Waals surface area contributed by atoms with Gasteiger partial charge in [0.1, 0.15) is 23.6 Å². The largest absolute Gasteiger partial charge is 0.491 e. The Morgan fingerprint density at radius 1 is 1.02 bits per heavy atom. The van der Waals surface area contributed by atoms with Crippen LogP contribution in [-0.2, 0) is 19.0 Å². The van der Waals surface area contributed by atoms with Crippen molar-refractivity contribution in [1.29, 1.82) is 0 Å². The van der Waals surface area contributed by atoms with Crippen LogP contribution in [0.15, 0.2) is 35.6 Å². The van der Waals surface area contributed by atoms with Gasteiger partial charge in [-0.2, -0.15) is 0 Å². The molecule has 0 aromatic carbocycles. The molecule has 9 unspecified atom stereocenters. The van der Waals surface area contributed by atoms with E-state index in [1.54, 1.807) is 43.1 Å². The third-order valence-corrected chi connectivity index (χ3v) is 11.6. The summed E-state index contributed by atoms with van der Waals surface area (Å²) in [7, 11) is 0. The van der Waals surface area contributed by atoms with Crippen LogP contribution in [0.25, 0.3) is 0 Å². The molecule has 11 heteroatoms. The lowest BCUT2D eigenvalue weighted by Crippen LogP contribution is -2.54. The topological polar surface area (TPSA) is 149 Å². The number of allylic oxidation sites excluding steroid dienone is 2. The Bertz CT molecular complexity index is 1230. The third kappa shape index (κ3) is 11.8. The molecule has 4 aliphatic rings. The van der Waals surface area contributed by atoms with E-state index in [1.165, 1.54) is 38.5 Å². The first-order chi connectivity index (χ1) is 24.1. The molecule has 0 radical (unpaired) electrons. The van der Waals surface area contributed by atoms with E-state index in [2.05, 4.69) is 4.90 Å². The van der Waals surface area contributed by atoms with Gasteiger partial charge < -0.3 is 39.5 Å². The summed E-state index contributed by atoms with van der Waals surface area (Å²) < 4.78 is 19.1. The van der Waals surface area contributed by atoms with E-state index in [9.17, 15) is 30.0 Å². The van der Waals surface area contributed by atoms with Gasteiger partial charge in [-0.05, 0) is 77.4 Å². The lowest BCUT2D eigenvalue weighted by atomic mass is 9.86. The number of ether oxygens (including phenoxy) is 3. The summed E-state index contributed by atoms with van der Waals surface area (Å²) in [5.74, 6) is -1.29. The highest BCUT2D eigenvalue weighted by Gasteiger charge is 2.44. The average molecular weight is 719 g/mol. The van der Waals surface area contributed by atoms with Crippen molar-refractivity contribution in [2.45, 2.75) is 166 Å². The van der Waals surface area contributed by atoms with Crippen molar-refractivity contribution in [2.24, 2.45) is 11.8 Å². The molecule has 3 heterocycles. The molecule has 1 saturated carbocycles. The van der Waals surface area contributed by atoms with Crippen LogP contribution in [0.4, 0.5) is 4.79 Å². The van der Waals surface area contributed by atoms with Gasteiger partial charge >= 0.3 is 12.1 Å². The Kier molecular flexibility index (Phi) is 15.0. The zero-order valence-corrected chi connectivity index (χ0v) is 32.0. The average Bonchev–Trinajstić information content (AvgIpc) is 3.38. The smallest absolute Gasteiger partial charge is 0.410 e. The van der Waals surface area contributed by atoms with E-state index in [1.807, 2.05) is 27.7 Å². The standard InChI is InChI=1S/C40H66N2O9/c1-7-32(44)29(4)33-17-19-39(5,47)18-12-13-27(2)36-28(3)25-34(49-33)37(40(6,48)20-16-31(43)26-35(45)50-36)51-38(46)42-23-21-41(22-24-42)30-14-10-8-9-11-15-30/h12-13,18,25,28-33,36-37,43-44,47-48H,7-11,14-17,19-24,26H2,1-6H3. The maximum Gasteiger partial charge on any atom is 0.410 e. The SMILES string of the molecule is CCC(O)C(C)C1CCC(C)(O)C=CC=C(C)C2OC(=O)CC(O)CCC(C)(O)C(OC(=O)N3CCN(C4CCCCCC4)CC3)C(=CC2C)O1. The minimum Gasteiger partial charge on any atom is -0.491 e. The minimum atomic E-state index is -1.70. The summed E-state index contributed by atoms with van der Waals surface area (Å²) in [5.41, 5.74) is -2.22. The molecule has 1 saturated heterocycles. The van der Waals surface area contributed by atoms with Crippen molar-refractivity contribution in [3.8, 4) is 0 Å². The fourth-order valence-electron chi connectivity index (χ4n) is 8.03. The van der Waals surface area contributed by atoms with Crippen molar-refractivity contribution in [3.63, 3.8) is 0 Å². The molecule has 3 aliphatic heterocycles. The van der Waals surface area contributed by atoms with Crippen LogP contribution in [0.1, 0.15) is 119 Å². The van der Waals surface area contributed by atoms with Crippen molar-refractivity contribution in [2.75, 3.05) is 26.2 Å². The Balaban J connectivity index is 1.74. The van der Waals surface area contributed by atoms with E-state index in [4.69, 9.17) is 14.2 Å². The summed E-state index contributed by atoms with van der Waals surface area (Å²) in [4.78, 5) is 31.3. The number of hydrogen-bond donors (Lipinski definition) is 4. The van der Waals surface area contributed by atoms with Crippen molar-refractivity contribution >= 4 is 12.1 Å². The first kappa shape index (κ1) is 41.3. The molecule has 0 spiro atoms. The van der Waals surface area contributed by atoms with Crippen molar-refractivity contribution in [3.05, 3.63) is 35.6 Å². The van der Waals surface area contributed by atoms with Gasteiger partial charge in [0.15, 0.2) is 6.10 Å². The lowest BCUT2D eigenvalue weighted by molar-refractivity contribution is -0.152. The number of carbonyl (C=O) groups excluding carboxylic acids is 2. The van der Waals surface area contributed by atoms with Crippen molar-refractivity contribution < 1.29 is 44.2 Å². The third-order valence-electron chi connectivity index (χ3n) is 11.6. The van der Waals surface area contributed by atoms with Gasteiger partial charge in [-0.25, -0.2) is 4.79 Å². The maximum absolute atomic E-state index is 14.0. The Labute approximate surface area is 305 Å². The number of carbonyl (C=O) groups is 2. The van der Waals surface area contributed by atoms with E-state index >= 15 is 0 Å². The number of aliphatic hydroxyl groups is 4. The molecule has 51 heavy (non-hydrogen) atoms. The summed E-state index contributed by atoms with van der Waals surface area (Å²) in [6, 6.07) is 0.539. The molecule has 1 amide bonds. The molecule has 290 valence electrons. The van der Waals surface area contributed by atoms with E-state index in [0.29, 0.717) is 44.0 Å². The number of esters is 1. The molecule has 2 fully saturated rings. The summed E-state index contributed by atoms with van der Waals surface area (Å²) in [5, 5.41) is 45.3. The van der Waals surface area contributed by atoms with E-state index < -0.39 is 59.7 Å². The van der Waals surface area contributed by atoms with E-state index in [0.717, 1.165) is 13.1 Å². The molecule has 1 aliphatic carbocycles. The normalized spacial score (nSPS) is 35.5. The Morgan fingerprint density at radius 3 is 2.33 bits per heavy atom. The predicted molar refractivity (Wildman–Crippen MR) is 196 cm³/mol. The molecule has 9 atom stereocenters. The quantitative estimate of drug-likeness (QED) is 0.215. The van der Waals surface area contributed by atoms with Crippen LogP contribution in [0.2, 0.25) is 0 Å². The van der Waals surface area contributed by atoms with Gasteiger partial charge in [0, 0.05) is 44.1 Å². The summed E-state index contributed by atoms with van der Waals surface area (Å²) in [6.07, 6.45) is 10.3. The van der Waals surface area contributed by atoms with E-state index in [-0.39, 0.29) is 30.9 Å². The number of fused-ring (bicyclic) bond motifs is 2. The van der Waals surface area contributed by atoms with Crippen LogP contribution < -0.4 is 0 Å². The fourth-order valence-corrected chi connectivity index (χ4v) is 8.03. The van der Waals surface area contributed by atoms with Crippen LogP contribution in [0.3, 0.4) is 0 Å². The first-order valence-corrected chi connectivity index (χ1v) is 19.5. The maximum atomic E-state index is 14.0. The number of piperazine rings is 1. The van der Waals surface area contributed by atoms with Crippen molar-refractivity contribution in [1.82, 2.24) is 9.80 Å². The van der Waals surface area contributed by atoms with Gasteiger partial charge in [0.2, 0.25) is 0 Å². The minimum absolute atomic E-state index is 0.00271. The van der Waals surface area contributed by atoms with Crippen LogP contribution in [-0.4, -0.2) is 116 Å². The predicted octanol–water partition coefficient (Wildman–Crippen LogP) is 5.40. The van der Waals surface area contributed by atoms with Gasteiger partial charge in [-0.1, -0.05) is 64.7 Å². The molecule has 11 nitrogen and oxygen atoms in total. The second-order valence-electron chi connectivity index (χ2n) is 16.2. The molecule has 0 aromatic rings. The van der Waals surface area contributed by atoms with Gasteiger partial charge in [-0.15, -0.1) is 0 Å². The summed E-state index contributed by atoms with van der Waals surface area (Å²) >= 11 is 0. The van der Waals surface area contributed by atoms with Crippen LogP contribution in [0, 0.1) is 11.8 Å². The van der Waals surface area contributed by atoms with Crippen LogP contribution in [0.5, 0.6) is 0 Å². The van der Waals surface area contributed by atoms with Gasteiger partial charge in [0.05, 0.1) is 24.2 Å². The molecular weight excluding hydrogens is 652 g/mol. The molecule has 4 N–H and O–H groups in total. The first-order valence-electron chi connectivity index (χ1n) is 19.5. The fraction of sp³-hybridized carbons (Fsp3) is 0.800. The van der Waals surface area contributed by atoms with Crippen LogP contribution >= 0.6 is 0 Å². The monoisotopic (exact) mass is 718 g/mol. The number of hydrogen-bond acceptors (Lipinski definition) is 10.